The first kappa shape index (κ1) is 18.5. The van der Waals surface area contributed by atoms with Crippen LogP contribution in [0, 0.1) is 0 Å². The van der Waals surface area contributed by atoms with Crippen LogP contribution in [0.3, 0.4) is 0 Å². The van der Waals surface area contributed by atoms with Gasteiger partial charge in [-0.15, -0.1) is 0 Å². The highest BCUT2D eigenvalue weighted by molar-refractivity contribution is 7.91. The SMILES string of the molecule is Cn1nc(Cl)c2c1CCN(c1nc3c(c(NC4(CO)CCC4)n1)[S@+]([O-])CC3)C2. The predicted molar refractivity (Wildman–Crippen MR) is 107 cm³/mol. The Labute approximate surface area is 171 Å². The van der Waals surface area contributed by atoms with E-state index < -0.39 is 11.2 Å². The number of rotatable bonds is 4. The minimum absolute atomic E-state index is 0.0477. The molecule has 2 aromatic heterocycles. The van der Waals surface area contributed by atoms with Gasteiger partial charge in [0.2, 0.25) is 10.8 Å². The van der Waals surface area contributed by atoms with Gasteiger partial charge < -0.3 is 19.9 Å². The Morgan fingerprint density at radius 2 is 2.14 bits per heavy atom. The van der Waals surface area contributed by atoms with Gasteiger partial charge in [-0.2, -0.15) is 10.1 Å². The quantitative estimate of drug-likeness (QED) is 0.718. The molecule has 2 aromatic rings. The summed E-state index contributed by atoms with van der Waals surface area (Å²) in [4.78, 5) is 12.3. The lowest BCUT2D eigenvalue weighted by atomic mass is 9.77. The average molecular weight is 423 g/mol. The molecular formula is C18H23ClN6O2S. The predicted octanol–water partition coefficient (Wildman–Crippen LogP) is 1.42. The van der Waals surface area contributed by atoms with E-state index in [2.05, 4.69) is 15.3 Å². The second kappa shape index (κ2) is 6.76. The third-order valence-electron chi connectivity index (χ3n) is 6.15. The molecule has 1 aliphatic carbocycles. The molecule has 4 heterocycles. The summed E-state index contributed by atoms with van der Waals surface area (Å²) in [6.45, 7) is 1.43. The molecule has 0 radical (unpaired) electrons. The number of aliphatic hydroxyl groups is 1. The molecule has 0 saturated heterocycles. The lowest BCUT2D eigenvalue weighted by molar-refractivity contribution is 0.143. The van der Waals surface area contributed by atoms with E-state index >= 15 is 0 Å². The monoisotopic (exact) mass is 422 g/mol. The average Bonchev–Trinajstić information content (AvgIpc) is 3.18. The number of nitrogens with zero attached hydrogens (tertiary/aromatic N) is 5. The van der Waals surface area contributed by atoms with E-state index in [9.17, 15) is 9.66 Å². The van der Waals surface area contributed by atoms with Crippen molar-refractivity contribution in [1.29, 1.82) is 0 Å². The maximum atomic E-state index is 12.6. The molecule has 0 bridgehead atoms. The van der Waals surface area contributed by atoms with Crippen LogP contribution in [-0.2, 0) is 37.6 Å². The van der Waals surface area contributed by atoms with E-state index in [1.807, 2.05) is 11.7 Å². The summed E-state index contributed by atoms with van der Waals surface area (Å²) in [6.07, 6.45) is 4.36. The number of nitrogens with one attached hydrogen (secondary N) is 1. The number of aromatic nitrogens is 4. The van der Waals surface area contributed by atoms with Crippen LogP contribution in [-0.4, -0.2) is 53.9 Å². The smallest absolute Gasteiger partial charge is 0.228 e. The summed E-state index contributed by atoms with van der Waals surface area (Å²) in [6, 6.07) is 0. The molecule has 3 aliphatic rings. The molecule has 1 atom stereocenters. The van der Waals surface area contributed by atoms with Crippen LogP contribution in [0.25, 0.3) is 0 Å². The summed E-state index contributed by atoms with van der Waals surface area (Å²) in [5, 5.41) is 18.1. The molecule has 0 spiro atoms. The Hall–Kier alpha value is -1.55. The topological polar surface area (TPSA) is 102 Å². The van der Waals surface area contributed by atoms with Gasteiger partial charge in [0.1, 0.15) is 11.4 Å². The number of hydrogen-bond donors (Lipinski definition) is 2. The molecule has 8 nitrogen and oxygen atoms in total. The fourth-order valence-electron chi connectivity index (χ4n) is 4.30. The lowest BCUT2D eigenvalue weighted by Crippen LogP contribution is -2.49. The Morgan fingerprint density at radius 3 is 2.86 bits per heavy atom. The standard InChI is InChI=1S/C18H23ClN6O2S/c1-24-13-3-7-25(9-11(13)15(19)23-24)17-20-12-4-8-28(27)14(12)16(21-17)22-18(10-26)5-2-6-18/h26H,2-10H2,1H3,(H,20,21,22)/t28-/m1/s1. The molecule has 5 rings (SSSR count). The van der Waals surface area contributed by atoms with Gasteiger partial charge in [-0.3, -0.25) is 4.68 Å². The summed E-state index contributed by atoms with van der Waals surface area (Å²) in [5.74, 6) is 1.82. The van der Waals surface area contributed by atoms with E-state index in [0.717, 1.165) is 49.2 Å². The van der Waals surface area contributed by atoms with Crippen LogP contribution in [0.4, 0.5) is 11.8 Å². The third kappa shape index (κ3) is 2.87. The van der Waals surface area contributed by atoms with Gasteiger partial charge in [-0.1, -0.05) is 11.6 Å². The highest BCUT2D eigenvalue weighted by atomic mass is 35.5. The summed E-state index contributed by atoms with van der Waals surface area (Å²) in [7, 11) is 1.91. The Kier molecular flexibility index (Phi) is 4.46. The molecule has 150 valence electrons. The zero-order valence-corrected chi connectivity index (χ0v) is 17.3. The van der Waals surface area contributed by atoms with Gasteiger partial charge in [0.05, 0.1) is 18.7 Å². The number of anilines is 2. The van der Waals surface area contributed by atoms with Crippen molar-refractivity contribution in [2.45, 2.75) is 49.1 Å². The normalized spacial score (nSPS) is 22.6. The van der Waals surface area contributed by atoms with Gasteiger partial charge in [0, 0.05) is 37.7 Å². The van der Waals surface area contributed by atoms with Crippen LogP contribution >= 0.6 is 11.6 Å². The fourth-order valence-corrected chi connectivity index (χ4v) is 5.89. The number of halogens is 1. The molecule has 1 fully saturated rings. The summed E-state index contributed by atoms with van der Waals surface area (Å²) in [5.41, 5.74) is 2.66. The van der Waals surface area contributed by atoms with Gasteiger partial charge in [0.15, 0.2) is 11.0 Å². The zero-order chi connectivity index (χ0) is 19.5. The van der Waals surface area contributed by atoms with Gasteiger partial charge in [-0.05, 0) is 30.4 Å². The van der Waals surface area contributed by atoms with Crippen molar-refractivity contribution in [3.8, 4) is 0 Å². The van der Waals surface area contributed by atoms with Crippen LogP contribution < -0.4 is 10.2 Å². The number of aliphatic hydroxyl groups excluding tert-OH is 1. The van der Waals surface area contributed by atoms with E-state index in [1.165, 1.54) is 0 Å². The molecule has 0 unspecified atom stereocenters. The van der Waals surface area contributed by atoms with Crippen molar-refractivity contribution in [2.75, 3.05) is 29.1 Å². The van der Waals surface area contributed by atoms with Crippen LogP contribution in [0.15, 0.2) is 4.90 Å². The third-order valence-corrected chi connectivity index (χ3v) is 7.91. The highest BCUT2D eigenvalue weighted by Crippen LogP contribution is 2.39. The number of fused-ring (bicyclic) bond motifs is 2. The Balaban J connectivity index is 1.51. The van der Waals surface area contributed by atoms with Crippen molar-refractivity contribution in [1.82, 2.24) is 19.7 Å². The van der Waals surface area contributed by atoms with E-state index in [4.69, 9.17) is 21.6 Å². The molecule has 2 aliphatic heterocycles. The van der Waals surface area contributed by atoms with Crippen molar-refractivity contribution < 1.29 is 9.66 Å². The van der Waals surface area contributed by atoms with Crippen LogP contribution in [0.5, 0.6) is 0 Å². The summed E-state index contributed by atoms with van der Waals surface area (Å²) >= 11 is 5.22. The van der Waals surface area contributed by atoms with Crippen molar-refractivity contribution in [3.05, 3.63) is 22.1 Å². The number of aryl methyl sites for hydroxylation is 2. The highest BCUT2D eigenvalue weighted by Gasteiger charge is 2.41. The maximum absolute atomic E-state index is 12.6. The molecule has 0 amide bonds. The molecule has 28 heavy (non-hydrogen) atoms. The molecular weight excluding hydrogens is 400 g/mol. The van der Waals surface area contributed by atoms with Gasteiger partial charge >= 0.3 is 0 Å². The first-order valence-electron chi connectivity index (χ1n) is 9.63. The number of hydrogen-bond acceptors (Lipinski definition) is 7. The first-order valence-corrected chi connectivity index (χ1v) is 11.3. The second-order valence-electron chi connectivity index (χ2n) is 7.88. The molecule has 10 heteroatoms. The largest absolute Gasteiger partial charge is 0.611 e. The molecule has 0 aromatic carbocycles. The second-order valence-corrected chi connectivity index (χ2v) is 9.74. The van der Waals surface area contributed by atoms with Crippen LogP contribution in [0.2, 0.25) is 5.15 Å². The van der Waals surface area contributed by atoms with Crippen LogP contribution in [0.1, 0.15) is 36.2 Å². The van der Waals surface area contributed by atoms with E-state index in [1.54, 1.807) is 0 Å². The Morgan fingerprint density at radius 1 is 1.32 bits per heavy atom. The van der Waals surface area contributed by atoms with Crippen molar-refractivity contribution >= 4 is 34.5 Å². The Bertz CT molecular complexity index is 926. The lowest BCUT2D eigenvalue weighted by Gasteiger charge is -2.41. The zero-order valence-electron chi connectivity index (χ0n) is 15.7. The summed E-state index contributed by atoms with van der Waals surface area (Å²) < 4.78 is 14.4. The minimum atomic E-state index is -1.10. The van der Waals surface area contributed by atoms with E-state index in [-0.39, 0.29) is 12.1 Å². The van der Waals surface area contributed by atoms with Gasteiger partial charge in [-0.25, -0.2) is 4.98 Å². The van der Waals surface area contributed by atoms with Gasteiger partial charge in [0.25, 0.3) is 0 Å². The van der Waals surface area contributed by atoms with E-state index in [0.29, 0.717) is 40.5 Å². The fraction of sp³-hybridized carbons (Fsp3) is 0.611. The molecule has 1 saturated carbocycles. The molecule has 2 N–H and O–H groups in total. The minimum Gasteiger partial charge on any atom is -0.611 e. The maximum Gasteiger partial charge on any atom is 0.228 e. The first-order chi connectivity index (χ1) is 13.5. The van der Waals surface area contributed by atoms with Crippen molar-refractivity contribution in [3.63, 3.8) is 0 Å². The van der Waals surface area contributed by atoms with Crippen molar-refractivity contribution in [2.24, 2.45) is 7.05 Å².